The van der Waals surface area contributed by atoms with Crippen LogP contribution in [0.15, 0.2) is 0 Å². The minimum Gasteiger partial charge on any atom is -0.211 e. The van der Waals surface area contributed by atoms with E-state index in [4.69, 9.17) is 0 Å². The maximum absolute atomic E-state index is 11.7. The Morgan fingerprint density at radius 1 is 0.688 bits per heavy atom. The molecule has 98 valence electrons. The molecule has 0 rings (SSSR count). The van der Waals surface area contributed by atoms with E-state index in [0.717, 1.165) is 25.7 Å². The molecule has 0 saturated carbocycles. The molecule has 0 heterocycles. The zero-order chi connectivity index (χ0) is 12.4. The van der Waals surface area contributed by atoms with Gasteiger partial charge in [0.2, 0.25) is 6.43 Å². The van der Waals surface area contributed by atoms with Crippen LogP contribution in [0.1, 0.15) is 57.8 Å². The molecule has 0 amide bonds. The van der Waals surface area contributed by atoms with Gasteiger partial charge in [0.1, 0.15) is 0 Å². The van der Waals surface area contributed by atoms with E-state index in [2.05, 4.69) is 0 Å². The number of alkyl halides is 5. The molecule has 0 N–H and O–H groups in total. The van der Waals surface area contributed by atoms with E-state index in [1.807, 2.05) is 0 Å². The van der Waals surface area contributed by atoms with Crippen molar-refractivity contribution in [2.45, 2.75) is 70.4 Å². The van der Waals surface area contributed by atoms with Crippen LogP contribution in [0.3, 0.4) is 0 Å². The van der Waals surface area contributed by atoms with Crippen LogP contribution in [0.5, 0.6) is 0 Å². The van der Waals surface area contributed by atoms with Gasteiger partial charge in [0.15, 0.2) is 0 Å². The molecule has 0 atom stereocenters. The van der Waals surface area contributed by atoms with Crippen molar-refractivity contribution in [1.29, 1.82) is 0 Å². The Morgan fingerprint density at radius 3 is 1.56 bits per heavy atom. The van der Waals surface area contributed by atoms with Gasteiger partial charge in [-0.1, -0.05) is 32.1 Å². The van der Waals surface area contributed by atoms with Crippen molar-refractivity contribution in [3.8, 4) is 0 Å². The molecule has 5 heteroatoms. The van der Waals surface area contributed by atoms with Crippen molar-refractivity contribution in [2.75, 3.05) is 0 Å². The summed E-state index contributed by atoms with van der Waals surface area (Å²) < 4.78 is 58.6. The van der Waals surface area contributed by atoms with Crippen molar-refractivity contribution in [3.63, 3.8) is 0 Å². The first kappa shape index (κ1) is 15.7. The summed E-state index contributed by atoms with van der Waals surface area (Å²) in [6, 6.07) is 0. The average Bonchev–Trinajstić information content (AvgIpc) is 2.13. The van der Waals surface area contributed by atoms with Crippen LogP contribution < -0.4 is 0 Å². The van der Waals surface area contributed by atoms with Gasteiger partial charge in [-0.05, 0) is 12.8 Å². The summed E-state index contributed by atoms with van der Waals surface area (Å²) in [6.45, 7) is 0. The number of unbranched alkanes of at least 4 members (excludes halogenated alkanes) is 6. The van der Waals surface area contributed by atoms with Crippen molar-refractivity contribution < 1.29 is 22.0 Å². The summed E-state index contributed by atoms with van der Waals surface area (Å²) in [6.07, 6.45) is -2.56. The van der Waals surface area contributed by atoms with Crippen LogP contribution in [-0.4, -0.2) is 12.6 Å². The first-order valence-electron chi connectivity index (χ1n) is 5.77. The standard InChI is InChI=1S/C11H19F5/c12-10(13)8-6-4-2-1-3-5-7-9-11(14,15)16/h10H,1-9H2. The molecule has 0 aromatic carbocycles. The lowest BCUT2D eigenvalue weighted by Gasteiger charge is -2.05. The van der Waals surface area contributed by atoms with E-state index in [-0.39, 0.29) is 12.8 Å². The zero-order valence-electron chi connectivity index (χ0n) is 9.33. The highest BCUT2D eigenvalue weighted by atomic mass is 19.4. The smallest absolute Gasteiger partial charge is 0.211 e. The van der Waals surface area contributed by atoms with Gasteiger partial charge < -0.3 is 0 Å². The highest BCUT2D eigenvalue weighted by Gasteiger charge is 2.25. The number of halogens is 5. The molecule has 0 saturated heterocycles. The summed E-state index contributed by atoms with van der Waals surface area (Å²) in [5, 5.41) is 0. The highest BCUT2D eigenvalue weighted by Crippen LogP contribution is 2.23. The van der Waals surface area contributed by atoms with Crippen molar-refractivity contribution in [1.82, 2.24) is 0 Å². The van der Waals surface area contributed by atoms with Gasteiger partial charge in [-0.3, -0.25) is 0 Å². The number of hydrogen-bond acceptors (Lipinski definition) is 0. The lowest BCUT2D eigenvalue weighted by Crippen LogP contribution is -2.06. The van der Waals surface area contributed by atoms with Gasteiger partial charge in [-0.2, -0.15) is 13.2 Å². The monoisotopic (exact) mass is 246 g/mol. The van der Waals surface area contributed by atoms with Crippen LogP contribution in [0, 0.1) is 0 Å². The second-order valence-corrected chi connectivity index (χ2v) is 4.02. The Morgan fingerprint density at radius 2 is 1.12 bits per heavy atom. The largest absolute Gasteiger partial charge is 0.389 e. The molecule has 0 aromatic heterocycles. The molecular formula is C11H19F5. The van der Waals surface area contributed by atoms with Crippen LogP contribution in [-0.2, 0) is 0 Å². The molecule has 0 aromatic rings. The van der Waals surface area contributed by atoms with Gasteiger partial charge in [0, 0.05) is 12.8 Å². The molecule has 0 aliphatic carbocycles. The Kier molecular flexibility index (Phi) is 8.57. The molecule has 0 spiro atoms. The summed E-state index contributed by atoms with van der Waals surface area (Å²) >= 11 is 0. The Bertz CT molecular complexity index is 153. The average molecular weight is 246 g/mol. The molecule has 0 bridgehead atoms. The van der Waals surface area contributed by atoms with Crippen LogP contribution in [0.2, 0.25) is 0 Å². The third kappa shape index (κ3) is 13.7. The number of hydrogen-bond donors (Lipinski definition) is 0. The normalized spacial score (nSPS) is 12.4. The first-order chi connectivity index (χ1) is 7.42. The quantitative estimate of drug-likeness (QED) is 0.381. The molecule has 0 radical (unpaired) electrons. The van der Waals surface area contributed by atoms with E-state index in [1.54, 1.807) is 0 Å². The predicted molar refractivity (Wildman–Crippen MR) is 53.6 cm³/mol. The zero-order valence-corrected chi connectivity index (χ0v) is 9.33. The van der Waals surface area contributed by atoms with Gasteiger partial charge in [-0.25, -0.2) is 8.78 Å². The SMILES string of the molecule is FC(F)CCCCCCCCCC(F)(F)F. The molecule has 0 unspecified atom stereocenters. The van der Waals surface area contributed by atoms with Crippen molar-refractivity contribution >= 4 is 0 Å². The highest BCUT2D eigenvalue weighted by molar-refractivity contribution is 4.52. The molecule has 0 aliphatic rings. The maximum atomic E-state index is 11.7. The molecule has 0 aliphatic heterocycles. The second kappa shape index (κ2) is 8.76. The van der Waals surface area contributed by atoms with E-state index < -0.39 is 19.0 Å². The molecular weight excluding hydrogens is 227 g/mol. The topological polar surface area (TPSA) is 0 Å². The Hall–Kier alpha value is -0.350. The fourth-order valence-corrected chi connectivity index (χ4v) is 1.51. The van der Waals surface area contributed by atoms with E-state index in [1.165, 1.54) is 0 Å². The first-order valence-corrected chi connectivity index (χ1v) is 5.77. The minimum absolute atomic E-state index is 0.0614. The summed E-state index contributed by atoms with van der Waals surface area (Å²) in [4.78, 5) is 0. The van der Waals surface area contributed by atoms with Gasteiger partial charge in [0.25, 0.3) is 0 Å². The van der Waals surface area contributed by atoms with Crippen LogP contribution >= 0.6 is 0 Å². The lowest BCUT2D eigenvalue weighted by atomic mass is 10.1. The maximum Gasteiger partial charge on any atom is 0.389 e. The van der Waals surface area contributed by atoms with E-state index in [9.17, 15) is 22.0 Å². The lowest BCUT2D eigenvalue weighted by molar-refractivity contribution is -0.135. The molecule has 0 nitrogen and oxygen atoms in total. The second-order valence-electron chi connectivity index (χ2n) is 4.02. The van der Waals surface area contributed by atoms with Crippen molar-refractivity contribution in [3.05, 3.63) is 0 Å². The van der Waals surface area contributed by atoms with Crippen LogP contribution in [0.4, 0.5) is 22.0 Å². The third-order valence-corrected chi connectivity index (χ3v) is 2.38. The molecule has 16 heavy (non-hydrogen) atoms. The van der Waals surface area contributed by atoms with Gasteiger partial charge >= 0.3 is 6.18 Å². The van der Waals surface area contributed by atoms with Crippen LogP contribution in [0.25, 0.3) is 0 Å². The van der Waals surface area contributed by atoms with Gasteiger partial charge in [-0.15, -0.1) is 0 Å². The third-order valence-electron chi connectivity index (χ3n) is 2.38. The summed E-state index contributed by atoms with van der Waals surface area (Å²) in [5.74, 6) is 0. The van der Waals surface area contributed by atoms with E-state index in [0.29, 0.717) is 12.8 Å². The molecule has 0 fully saturated rings. The van der Waals surface area contributed by atoms with Crippen molar-refractivity contribution in [2.24, 2.45) is 0 Å². The Labute approximate surface area is 93.2 Å². The number of rotatable bonds is 9. The fraction of sp³-hybridized carbons (Fsp3) is 1.00. The minimum atomic E-state index is -4.04. The summed E-state index contributed by atoms with van der Waals surface area (Å²) in [5.41, 5.74) is 0. The van der Waals surface area contributed by atoms with Gasteiger partial charge in [0.05, 0.1) is 0 Å². The Balaban J connectivity index is 3.05. The summed E-state index contributed by atoms with van der Waals surface area (Å²) in [7, 11) is 0. The van der Waals surface area contributed by atoms with E-state index >= 15 is 0 Å². The predicted octanol–water partition coefficient (Wildman–Crippen LogP) is 5.32. The fourth-order valence-electron chi connectivity index (χ4n) is 1.51.